The Morgan fingerprint density at radius 1 is 1.38 bits per heavy atom. The zero-order valence-corrected chi connectivity index (χ0v) is 13.8. The molecule has 140 valence electrons. The van der Waals surface area contributed by atoms with E-state index < -0.39 is 29.9 Å². The molecule has 3 amide bonds. The molecule has 1 unspecified atom stereocenters. The summed E-state index contributed by atoms with van der Waals surface area (Å²) in [4.78, 5) is 36.5. The molecule has 0 saturated carbocycles. The fourth-order valence-corrected chi connectivity index (χ4v) is 2.74. The van der Waals surface area contributed by atoms with Crippen LogP contribution in [0, 0.1) is 11.6 Å². The third-order valence-electron chi connectivity index (χ3n) is 3.96. The van der Waals surface area contributed by atoms with Crippen LogP contribution in [0.3, 0.4) is 0 Å². The SMILES string of the molecule is COC(=O)NCC1CN(c2cc(F)c(N3CNC(=O)C3)c(F)c2)C(=O)O1. The van der Waals surface area contributed by atoms with Crippen molar-refractivity contribution in [2.75, 3.05) is 43.2 Å². The second-order valence-corrected chi connectivity index (χ2v) is 5.70. The molecule has 2 aliphatic rings. The molecule has 0 aliphatic carbocycles. The highest BCUT2D eigenvalue weighted by Crippen LogP contribution is 2.31. The summed E-state index contributed by atoms with van der Waals surface area (Å²) in [6.07, 6.45) is -2.16. The number of carbonyl (C=O) groups excluding carboxylic acids is 3. The molecule has 2 fully saturated rings. The van der Waals surface area contributed by atoms with Gasteiger partial charge in [-0.2, -0.15) is 0 Å². The molecule has 2 saturated heterocycles. The molecule has 1 aromatic rings. The van der Waals surface area contributed by atoms with Gasteiger partial charge >= 0.3 is 12.2 Å². The fraction of sp³-hybridized carbons (Fsp3) is 0.400. The molecule has 3 rings (SSSR count). The van der Waals surface area contributed by atoms with Crippen molar-refractivity contribution < 1.29 is 32.6 Å². The van der Waals surface area contributed by atoms with E-state index in [0.717, 1.165) is 17.0 Å². The maximum absolute atomic E-state index is 14.4. The van der Waals surface area contributed by atoms with E-state index >= 15 is 0 Å². The Bertz CT molecular complexity index is 737. The van der Waals surface area contributed by atoms with E-state index in [1.165, 1.54) is 12.0 Å². The van der Waals surface area contributed by atoms with Crippen molar-refractivity contribution in [3.63, 3.8) is 0 Å². The predicted molar refractivity (Wildman–Crippen MR) is 84.7 cm³/mol. The van der Waals surface area contributed by atoms with Crippen molar-refractivity contribution in [1.82, 2.24) is 10.6 Å². The number of methoxy groups -OCH3 is 1. The fourth-order valence-electron chi connectivity index (χ4n) is 2.74. The molecule has 9 nitrogen and oxygen atoms in total. The smallest absolute Gasteiger partial charge is 0.414 e. The molecule has 0 aromatic heterocycles. The van der Waals surface area contributed by atoms with Crippen LogP contribution in [-0.4, -0.2) is 57.6 Å². The van der Waals surface area contributed by atoms with Gasteiger partial charge in [0.25, 0.3) is 0 Å². The van der Waals surface area contributed by atoms with Crippen molar-refractivity contribution in [2.45, 2.75) is 6.10 Å². The topological polar surface area (TPSA) is 100 Å². The number of halogens is 2. The zero-order valence-electron chi connectivity index (χ0n) is 13.8. The van der Waals surface area contributed by atoms with Crippen LogP contribution in [-0.2, 0) is 14.3 Å². The van der Waals surface area contributed by atoms with Crippen LogP contribution >= 0.6 is 0 Å². The Kier molecular flexibility index (Phi) is 4.78. The normalized spacial score (nSPS) is 19.4. The summed E-state index contributed by atoms with van der Waals surface area (Å²) in [5.41, 5.74) is -0.364. The Morgan fingerprint density at radius 3 is 2.65 bits per heavy atom. The molecule has 2 aliphatic heterocycles. The summed E-state index contributed by atoms with van der Waals surface area (Å²) in [6, 6.07) is 2.00. The lowest BCUT2D eigenvalue weighted by molar-refractivity contribution is -0.118. The van der Waals surface area contributed by atoms with Crippen LogP contribution < -0.4 is 20.4 Å². The molecule has 2 heterocycles. The highest BCUT2D eigenvalue weighted by Gasteiger charge is 2.34. The summed E-state index contributed by atoms with van der Waals surface area (Å²) < 4.78 is 38.3. The van der Waals surface area contributed by atoms with Gasteiger partial charge in [-0.15, -0.1) is 0 Å². The van der Waals surface area contributed by atoms with Gasteiger partial charge in [-0.25, -0.2) is 18.4 Å². The van der Waals surface area contributed by atoms with Crippen LogP contribution in [0.1, 0.15) is 0 Å². The van der Waals surface area contributed by atoms with Gasteiger partial charge in [0.2, 0.25) is 5.91 Å². The van der Waals surface area contributed by atoms with Crippen molar-refractivity contribution >= 4 is 29.5 Å². The van der Waals surface area contributed by atoms with Gasteiger partial charge < -0.3 is 25.0 Å². The first kappa shape index (κ1) is 17.7. The summed E-state index contributed by atoms with van der Waals surface area (Å²) in [6.45, 7) is -0.149. The van der Waals surface area contributed by atoms with Gasteiger partial charge in [0.15, 0.2) is 11.6 Å². The van der Waals surface area contributed by atoms with E-state index in [2.05, 4.69) is 15.4 Å². The van der Waals surface area contributed by atoms with E-state index in [9.17, 15) is 23.2 Å². The number of cyclic esters (lactones) is 1. The molecule has 2 N–H and O–H groups in total. The van der Waals surface area contributed by atoms with Crippen LogP contribution in [0.4, 0.5) is 29.7 Å². The highest BCUT2D eigenvalue weighted by atomic mass is 19.1. The van der Waals surface area contributed by atoms with Gasteiger partial charge in [0, 0.05) is 12.1 Å². The maximum Gasteiger partial charge on any atom is 0.414 e. The van der Waals surface area contributed by atoms with E-state index in [-0.39, 0.29) is 43.6 Å². The number of alkyl carbamates (subject to hydrolysis) is 1. The minimum Gasteiger partial charge on any atom is -0.453 e. The van der Waals surface area contributed by atoms with Gasteiger partial charge in [-0.1, -0.05) is 0 Å². The van der Waals surface area contributed by atoms with Gasteiger partial charge in [0.1, 0.15) is 11.8 Å². The number of hydrogen-bond acceptors (Lipinski definition) is 6. The van der Waals surface area contributed by atoms with E-state index in [4.69, 9.17) is 4.74 Å². The Morgan fingerprint density at radius 2 is 2.08 bits per heavy atom. The molecular formula is C15H16F2N4O5. The first-order chi connectivity index (χ1) is 12.4. The van der Waals surface area contributed by atoms with Crippen molar-refractivity contribution in [1.29, 1.82) is 0 Å². The number of benzene rings is 1. The number of nitrogens with one attached hydrogen (secondary N) is 2. The van der Waals surface area contributed by atoms with E-state index in [0.29, 0.717) is 0 Å². The Balaban J connectivity index is 1.74. The monoisotopic (exact) mass is 370 g/mol. The summed E-state index contributed by atoms with van der Waals surface area (Å²) in [5.74, 6) is -2.14. The van der Waals surface area contributed by atoms with Crippen molar-refractivity contribution in [2.24, 2.45) is 0 Å². The van der Waals surface area contributed by atoms with Gasteiger partial charge in [-0.05, 0) is 0 Å². The molecule has 0 radical (unpaired) electrons. The van der Waals surface area contributed by atoms with Crippen molar-refractivity contribution in [3.8, 4) is 0 Å². The number of amides is 3. The number of anilines is 2. The summed E-state index contributed by atoms with van der Waals surface area (Å²) >= 11 is 0. The molecular weight excluding hydrogens is 354 g/mol. The summed E-state index contributed by atoms with van der Waals surface area (Å²) in [7, 11) is 1.19. The van der Waals surface area contributed by atoms with Gasteiger partial charge in [-0.3, -0.25) is 9.69 Å². The van der Waals surface area contributed by atoms with Crippen LogP contribution in [0.25, 0.3) is 0 Å². The number of nitrogens with zero attached hydrogens (tertiary/aromatic N) is 2. The Hall–Kier alpha value is -3.11. The summed E-state index contributed by atoms with van der Waals surface area (Å²) in [5, 5.41) is 4.84. The highest BCUT2D eigenvalue weighted by molar-refractivity contribution is 5.90. The third-order valence-corrected chi connectivity index (χ3v) is 3.96. The molecule has 26 heavy (non-hydrogen) atoms. The maximum atomic E-state index is 14.4. The average molecular weight is 370 g/mol. The third kappa shape index (κ3) is 3.46. The molecule has 0 spiro atoms. The first-order valence-electron chi connectivity index (χ1n) is 7.69. The zero-order chi connectivity index (χ0) is 18.8. The standard InChI is InChI=1S/C15H16F2N4O5/c1-25-14(23)18-4-9-5-21(15(24)26-9)8-2-10(16)13(11(17)3-8)20-6-12(22)19-7-20/h2-3,9H,4-7H2,1H3,(H,18,23)(H,19,22). The number of rotatable bonds is 4. The largest absolute Gasteiger partial charge is 0.453 e. The van der Waals surface area contributed by atoms with Crippen LogP contribution in [0.2, 0.25) is 0 Å². The van der Waals surface area contributed by atoms with E-state index in [1.807, 2.05) is 0 Å². The number of hydrogen-bond donors (Lipinski definition) is 2. The number of ether oxygens (including phenoxy) is 2. The predicted octanol–water partition coefficient (Wildman–Crippen LogP) is 0.540. The van der Waals surface area contributed by atoms with Gasteiger partial charge in [0.05, 0.1) is 39.1 Å². The lowest BCUT2D eigenvalue weighted by Crippen LogP contribution is -2.34. The average Bonchev–Trinajstić information content (AvgIpc) is 3.17. The second-order valence-electron chi connectivity index (χ2n) is 5.70. The molecule has 0 bridgehead atoms. The molecule has 1 atom stereocenters. The molecule has 1 aromatic carbocycles. The Labute approximate surface area is 146 Å². The van der Waals surface area contributed by atoms with E-state index in [1.54, 1.807) is 0 Å². The first-order valence-corrected chi connectivity index (χ1v) is 7.69. The van der Waals surface area contributed by atoms with Crippen LogP contribution in [0.5, 0.6) is 0 Å². The minimum atomic E-state index is -0.902. The minimum absolute atomic E-state index is 0.000476. The quantitative estimate of drug-likeness (QED) is 0.803. The lowest BCUT2D eigenvalue weighted by atomic mass is 10.2. The van der Waals surface area contributed by atoms with Crippen molar-refractivity contribution in [3.05, 3.63) is 23.8 Å². The lowest BCUT2D eigenvalue weighted by Gasteiger charge is -2.20. The second kappa shape index (κ2) is 7.02. The number of carbonyl (C=O) groups is 3. The molecule has 11 heteroatoms. The van der Waals surface area contributed by atoms with Crippen LogP contribution in [0.15, 0.2) is 12.1 Å².